The Labute approximate surface area is 98.7 Å². The summed E-state index contributed by atoms with van der Waals surface area (Å²) in [5, 5.41) is 2.74. The minimum atomic E-state index is -0.356. The molecule has 0 radical (unpaired) electrons. The first-order chi connectivity index (χ1) is 8.17. The predicted octanol–water partition coefficient (Wildman–Crippen LogP) is 1.04. The smallest absolute Gasteiger partial charge is 0.307 e. The highest BCUT2D eigenvalue weighted by molar-refractivity contribution is 6.02. The largest absolute Gasteiger partial charge is 0.496 e. The van der Waals surface area contributed by atoms with Gasteiger partial charge in [0.05, 0.1) is 32.2 Å². The molecule has 1 aromatic carbocycles. The Kier molecular flexibility index (Phi) is 2.99. The highest BCUT2D eigenvalue weighted by Gasteiger charge is 2.32. The molecule has 1 amide bonds. The SMILES string of the molecule is COC(=O)CC1NC(=O)c2c(OC)cccc21. The Hall–Kier alpha value is -2.04. The zero-order valence-electron chi connectivity index (χ0n) is 9.65. The van der Waals surface area contributed by atoms with Gasteiger partial charge in [0.25, 0.3) is 5.91 Å². The zero-order chi connectivity index (χ0) is 12.4. The topological polar surface area (TPSA) is 64.6 Å². The van der Waals surface area contributed by atoms with Gasteiger partial charge in [0.15, 0.2) is 0 Å². The van der Waals surface area contributed by atoms with Gasteiger partial charge < -0.3 is 14.8 Å². The summed E-state index contributed by atoms with van der Waals surface area (Å²) >= 11 is 0. The van der Waals surface area contributed by atoms with Gasteiger partial charge in [-0.3, -0.25) is 9.59 Å². The molecule has 1 unspecified atom stereocenters. The van der Waals surface area contributed by atoms with E-state index in [1.165, 1.54) is 14.2 Å². The summed E-state index contributed by atoms with van der Waals surface area (Å²) in [6.45, 7) is 0. The minimum absolute atomic E-state index is 0.127. The Bertz CT molecular complexity index is 470. The number of methoxy groups -OCH3 is 2. The van der Waals surface area contributed by atoms with E-state index in [1.807, 2.05) is 6.07 Å². The van der Waals surface area contributed by atoms with E-state index in [9.17, 15) is 9.59 Å². The summed E-state index contributed by atoms with van der Waals surface area (Å²) in [4.78, 5) is 23.0. The summed E-state index contributed by atoms with van der Waals surface area (Å²) in [6.07, 6.45) is 0.127. The van der Waals surface area contributed by atoms with E-state index < -0.39 is 0 Å². The number of hydrogen-bond acceptors (Lipinski definition) is 4. The zero-order valence-corrected chi connectivity index (χ0v) is 9.65. The molecule has 0 aromatic heterocycles. The van der Waals surface area contributed by atoms with E-state index in [-0.39, 0.29) is 24.3 Å². The van der Waals surface area contributed by atoms with Crippen molar-refractivity contribution in [1.82, 2.24) is 5.32 Å². The molecule has 0 bridgehead atoms. The van der Waals surface area contributed by atoms with E-state index in [1.54, 1.807) is 12.1 Å². The van der Waals surface area contributed by atoms with Gasteiger partial charge >= 0.3 is 5.97 Å². The Morgan fingerprint density at radius 2 is 2.18 bits per heavy atom. The quantitative estimate of drug-likeness (QED) is 0.795. The Morgan fingerprint density at radius 1 is 1.41 bits per heavy atom. The molecular weight excluding hydrogens is 222 g/mol. The van der Waals surface area contributed by atoms with Gasteiger partial charge in [-0.1, -0.05) is 12.1 Å². The lowest BCUT2D eigenvalue weighted by atomic mass is 10.0. The molecule has 2 rings (SSSR count). The number of fused-ring (bicyclic) bond motifs is 1. The molecule has 1 aliphatic heterocycles. The molecule has 0 saturated carbocycles. The number of hydrogen-bond donors (Lipinski definition) is 1. The maximum Gasteiger partial charge on any atom is 0.307 e. The minimum Gasteiger partial charge on any atom is -0.496 e. The molecule has 90 valence electrons. The molecule has 5 heteroatoms. The van der Waals surface area contributed by atoms with Crippen LogP contribution in [0.5, 0.6) is 5.75 Å². The van der Waals surface area contributed by atoms with Gasteiger partial charge in [0.2, 0.25) is 0 Å². The summed E-state index contributed by atoms with van der Waals surface area (Å²) in [6, 6.07) is 4.99. The van der Waals surface area contributed by atoms with Crippen molar-refractivity contribution in [2.24, 2.45) is 0 Å². The van der Waals surface area contributed by atoms with Crippen LogP contribution >= 0.6 is 0 Å². The fourth-order valence-corrected chi connectivity index (χ4v) is 1.97. The highest BCUT2D eigenvalue weighted by Crippen LogP contribution is 2.33. The summed E-state index contributed by atoms with van der Waals surface area (Å²) in [5.41, 5.74) is 1.28. The third kappa shape index (κ3) is 1.95. The molecule has 5 nitrogen and oxygen atoms in total. The molecule has 0 aliphatic carbocycles. The van der Waals surface area contributed by atoms with Crippen LogP contribution in [0.25, 0.3) is 0 Å². The van der Waals surface area contributed by atoms with E-state index in [0.717, 1.165) is 5.56 Å². The van der Waals surface area contributed by atoms with Crippen LogP contribution in [0, 0.1) is 0 Å². The van der Waals surface area contributed by atoms with E-state index in [0.29, 0.717) is 11.3 Å². The second-order valence-corrected chi connectivity index (χ2v) is 3.73. The van der Waals surface area contributed by atoms with Crippen LogP contribution in [0.1, 0.15) is 28.4 Å². The molecule has 1 atom stereocenters. The molecule has 1 aromatic rings. The van der Waals surface area contributed by atoms with Gasteiger partial charge in [-0.25, -0.2) is 0 Å². The van der Waals surface area contributed by atoms with E-state index in [4.69, 9.17) is 4.74 Å². The van der Waals surface area contributed by atoms with Gasteiger partial charge in [-0.05, 0) is 11.6 Å². The number of ether oxygens (including phenoxy) is 2. The van der Waals surface area contributed by atoms with Gasteiger partial charge in [-0.15, -0.1) is 0 Å². The number of amides is 1. The third-order valence-corrected chi connectivity index (χ3v) is 2.78. The first-order valence-electron chi connectivity index (χ1n) is 5.22. The number of esters is 1. The van der Waals surface area contributed by atoms with Crippen LogP contribution in [-0.2, 0) is 9.53 Å². The predicted molar refractivity (Wildman–Crippen MR) is 59.8 cm³/mol. The third-order valence-electron chi connectivity index (χ3n) is 2.78. The normalized spacial score (nSPS) is 17.3. The van der Waals surface area contributed by atoms with Crippen LogP contribution < -0.4 is 10.1 Å². The molecule has 0 spiro atoms. The standard InChI is InChI=1S/C12H13NO4/c1-16-9-5-3-4-7-8(6-10(14)17-2)13-12(15)11(7)9/h3-5,8H,6H2,1-2H3,(H,13,15). The first-order valence-corrected chi connectivity index (χ1v) is 5.22. The van der Waals surface area contributed by atoms with Crippen molar-refractivity contribution in [1.29, 1.82) is 0 Å². The number of carbonyl (C=O) groups excluding carboxylic acids is 2. The number of carbonyl (C=O) groups is 2. The Balaban J connectivity index is 2.35. The number of benzene rings is 1. The van der Waals surface area contributed by atoms with Crippen LogP contribution in [0.15, 0.2) is 18.2 Å². The Morgan fingerprint density at radius 3 is 2.82 bits per heavy atom. The molecular formula is C12H13NO4. The van der Waals surface area contributed by atoms with Crippen molar-refractivity contribution in [2.45, 2.75) is 12.5 Å². The molecule has 1 N–H and O–H groups in total. The number of nitrogens with one attached hydrogen (secondary N) is 1. The van der Waals surface area contributed by atoms with E-state index >= 15 is 0 Å². The van der Waals surface area contributed by atoms with Crippen LogP contribution in [0.2, 0.25) is 0 Å². The van der Waals surface area contributed by atoms with Crippen LogP contribution in [0.3, 0.4) is 0 Å². The fraction of sp³-hybridized carbons (Fsp3) is 0.333. The maximum absolute atomic E-state index is 11.8. The van der Waals surface area contributed by atoms with Gasteiger partial charge in [-0.2, -0.15) is 0 Å². The average molecular weight is 235 g/mol. The van der Waals surface area contributed by atoms with E-state index in [2.05, 4.69) is 10.1 Å². The van der Waals surface area contributed by atoms with Crippen molar-refractivity contribution in [3.05, 3.63) is 29.3 Å². The molecule has 1 aliphatic rings. The highest BCUT2D eigenvalue weighted by atomic mass is 16.5. The van der Waals surface area contributed by atoms with Gasteiger partial charge in [0, 0.05) is 0 Å². The molecule has 1 heterocycles. The molecule has 0 fully saturated rings. The van der Waals surface area contributed by atoms with Crippen LogP contribution in [0.4, 0.5) is 0 Å². The first kappa shape index (κ1) is 11.4. The number of rotatable bonds is 3. The van der Waals surface area contributed by atoms with Crippen LogP contribution in [-0.4, -0.2) is 26.1 Å². The average Bonchev–Trinajstić information content (AvgIpc) is 2.66. The summed E-state index contributed by atoms with van der Waals surface area (Å²) < 4.78 is 9.73. The van der Waals surface area contributed by atoms with Crippen molar-refractivity contribution < 1.29 is 19.1 Å². The summed E-state index contributed by atoms with van der Waals surface area (Å²) in [7, 11) is 2.84. The molecule has 17 heavy (non-hydrogen) atoms. The van der Waals surface area contributed by atoms with Crippen molar-refractivity contribution in [3.8, 4) is 5.75 Å². The maximum atomic E-state index is 11.8. The molecule has 0 saturated heterocycles. The lowest BCUT2D eigenvalue weighted by Crippen LogP contribution is -2.21. The van der Waals surface area contributed by atoms with Gasteiger partial charge in [0.1, 0.15) is 5.75 Å². The lowest BCUT2D eigenvalue weighted by molar-refractivity contribution is -0.141. The van der Waals surface area contributed by atoms with Crippen molar-refractivity contribution in [2.75, 3.05) is 14.2 Å². The monoisotopic (exact) mass is 235 g/mol. The lowest BCUT2D eigenvalue weighted by Gasteiger charge is -2.10. The second-order valence-electron chi connectivity index (χ2n) is 3.73. The van der Waals surface area contributed by atoms with Crippen molar-refractivity contribution >= 4 is 11.9 Å². The summed E-state index contributed by atoms with van der Waals surface area (Å²) in [5.74, 6) is -0.0512. The van der Waals surface area contributed by atoms with Crippen molar-refractivity contribution in [3.63, 3.8) is 0 Å². The second kappa shape index (κ2) is 4.45. The fourth-order valence-electron chi connectivity index (χ4n) is 1.97.